The van der Waals surface area contributed by atoms with Crippen LogP contribution in [0.15, 0.2) is 53.0 Å². The third-order valence-electron chi connectivity index (χ3n) is 4.14. The second kappa shape index (κ2) is 8.22. The van der Waals surface area contributed by atoms with E-state index in [-0.39, 0.29) is 18.4 Å². The molecule has 7 nitrogen and oxygen atoms in total. The second-order valence-electron chi connectivity index (χ2n) is 6.08. The van der Waals surface area contributed by atoms with Crippen molar-refractivity contribution in [2.45, 2.75) is 6.42 Å². The summed E-state index contributed by atoms with van der Waals surface area (Å²) in [5.74, 6) is -1.39. The van der Waals surface area contributed by atoms with Crippen molar-refractivity contribution in [3.8, 4) is 5.75 Å². The van der Waals surface area contributed by atoms with Gasteiger partial charge in [-0.25, -0.2) is 0 Å². The largest absolute Gasteiger partial charge is 0.484 e. The molecule has 140 valence electrons. The number of rotatable bonds is 6. The van der Waals surface area contributed by atoms with Gasteiger partial charge in [-0.2, -0.15) is 0 Å². The molecule has 0 bridgehead atoms. The maximum Gasteiger partial charge on any atom is 0.255 e. The van der Waals surface area contributed by atoms with Gasteiger partial charge in [-0.1, -0.05) is 22.0 Å². The maximum absolute atomic E-state index is 12.6. The van der Waals surface area contributed by atoms with Gasteiger partial charge in [0.2, 0.25) is 11.8 Å². The molecule has 8 heteroatoms. The van der Waals surface area contributed by atoms with Crippen LogP contribution >= 0.6 is 15.9 Å². The van der Waals surface area contributed by atoms with Crippen LogP contribution in [0, 0.1) is 5.92 Å². The van der Waals surface area contributed by atoms with Crippen molar-refractivity contribution >= 4 is 45.0 Å². The highest BCUT2D eigenvalue weighted by molar-refractivity contribution is 9.10. The van der Waals surface area contributed by atoms with E-state index in [1.54, 1.807) is 29.2 Å². The minimum absolute atomic E-state index is 0.215. The van der Waals surface area contributed by atoms with Crippen LogP contribution in [0.4, 0.5) is 11.4 Å². The van der Waals surface area contributed by atoms with Gasteiger partial charge in [-0.3, -0.25) is 14.4 Å². The lowest BCUT2D eigenvalue weighted by atomic mass is 10.1. The third kappa shape index (κ3) is 4.65. The standard InChI is InChI=1S/C19H18BrN3O4/c20-12-2-1-3-14(10-12)23-9-8-16(19(23)26)18(25)22-13-4-6-15(7-5-13)27-11-17(21)24/h1-7,10,16H,8-9,11H2,(H2,21,24)(H,22,25). The molecule has 1 aliphatic heterocycles. The van der Waals surface area contributed by atoms with Gasteiger partial charge in [-0.05, 0) is 48.9 Å². The van der Waals surface area contributed by atoms with Crippen LogP contribution in [-0.2, 0) is 14.4 Å². The van der Waals surface area contributed by atoms with Crippen LogP contribution in [0.1, 0.15) is 6.42 Å². The zero-order valence-corrected chi connectivity index (χ0v) is 15.9. The van der Waals surface area contributed by atoms with Crippen LogP contribution in [0.3, 0.4) is 0 Å². The van der Waals surface area contributed by atoms with Gasteiger partial charge < -0.3 is 20.7 Å². The number of hydrogen-bond donors (Lipinski definition) is 2. The monoisotopic (exact) mass is 431 g/mol. The van der Waals surface area contributed by atoms with Gasteiger partial charge in [0.05, 0.1) is 0 Å². The summed E-state index contributed by atoms with van der Waals surface area (Å²) >= 11 is 3.39. The fourth-order valence-corrected chi connectivity index (χ4v) is 3.23. The lowest BCUT2D eigenvalue weighted by Gasteiger charge is -2.17. The number of hydrogen-bond acceptors (Lipinski definition) is 4. The lowest BCUT2D eigenvalue weighted by Crippen LogP contribution is -2.33. The molecule has 3 rings (SSSR count). The number of benzene rings is 2. The zero-order valence-electron chi connectivity index (χ0n) is 14.4. The Morgan fingerprint density at radius 2 is 1.96 bits per heavy atom. The lowest BCUT2D eigenvalue weighted by molar-refractivity contribution is -0.129. The Kier molecular flexibility index (Phi) is 5.75. The molecule has 1 fully saturated rings. The Morgan fingerprint density at radius 3 is 2.63 bits per heavy atom. The number of primary amides is 1. The molecule has 1 unspecified atom stereocenters. The summed E-state index contributed by atoms with van der Waals surface area (Å²) < 4.78 is 6.04. The van der Waals surface area contributed by atoms with Gasteiger partial charge in [0.15, 0.2) is 6.61 Å². The Balaban J connectivity index is 1.61. The predicted molar refractivity (Wildman–Crippen MR) is 104 cm³/mol. The maximum atomic E-state index is 12.6. The Hall–Kier alpha value is -2.87. The molecule has 1 aliphatic rings. The van der Waals surface area contributed by atoms with E-state index in [1.807, 2.05) is 24.3 Å². The van der Waals surface area contributed by atoms with E-state index >= 15 is 0 Å². The highest BCUT2D eigenvalue weighted by atomic mass is 79.9. The van der Waals surface area contributed by atoms with E-state index in [4.69, 9.17) is 10.5 Å². The molecule has 2 aromatic rings. The number of nitrogens with two attached hydrogens (primary N) is 1. The minimum Gasteiger partial charge on any atom is -0.484 e. The van der Waals surface area contributed by atoms with E-state index in [0.717, 1.165) is 10.2 Å². The Labute approximate surface area is 164 Å². The van der Waals surface area contributed by atoms with Crippen molar-refractivity contribution in [2.24, 2.45) is 11.7 Å². The summed E-state index contributed by atoms with van der Waals surface area (Å²) in [6.07, 6.45) is 0.455. The fourth-order valence-electron chi connectivity index (χ4n) is 2.84. The number of nitrogens with zero attached hydrogens (tertiary/aromatic N) is 1. The Morgan fingerprint density at radius 1 is 1.22 bits per heavy atom. The third-order valence-corrected chi connectivity index (χ3v) is 4.64. The predicted octanol–water partition coefficient (Wildman–Crippen LogP) is 2.30. The van der Waals surface area contributed by atoms with E-state index in [2.05, 4.69) is 21.2 Å². The van der Waals surface area contributed by atoms with Gasteiger partial charge in [0.25, 0.3) is 5.91 Å². The number of carbonyl (C=O) groups is 3. The van der Waals surface area contributed by atoms with Crippen molar-refractivity contribution in [3.63, 3.8) is 0 Å². The zero-order chi connectivity index (χ0) is 19.4. The smallest absolute Gasteiger partial charge is 0.255 e. The van der Waals surface area contributed by atoms with Crippen LogP contribution in [-0.4, -0.2) is 30.9 Å². The first kappa shape index (κ1) is 18.9. The molecule has 1 heterocycles. The molecule has 1 atom stereocenters. The molecule has 0 aromatic heterocycles. The van der Waals surface area contributed by atoms with Gasteiger partial charge >= 0.3 is 0 Å². The van der Waals surface area contributed by atoms with Gasteiger partial charge in [-0.15, -0.1) is 0 Å². The van der Waals surface area contributed by atoms with Crippen molar-refractivity contribution < 1.29 is 19.1 Å². The topological polar surface area (TPSA) is 102 Å². The normalized spacial score (nSPS) is 16.3. The molecular weight excluding hydrogens is 414 g/mol. The molecule has 0 radical (unpaired) electrons. The summed E-state index contributed by atoms with van der Waals surface area (Å²) in [6.45, 7) is 0.279. The molecule has 27 heavy (non-hydrogen) atoms. The van der Waals surface area contributed by atoms with Crippen molar-refractivity contribution in [3.05, 3.63) is 53.0 Å². The second-order valence-corrected chi connectivity index (χ2v) is 7.00. The van der Waals surface area contributed by atoms with Crippen molar-refractivity contribution in [1.82, 2.24) is 0 Å². The quantitative estimate of drug-likeness (QED) is 0.684. The first-order valence-electron chi connectivity index (χ1n) is 8.33. The number of halogens is 1. The average molecular weight is 432 g/mol. The summed E-state index contributed by atoms with van der Waals surface area (Å²) in [6, 6.07) is 13.9. The summed E-state index contributed by atoms with van der Waals surface area (Å²) in [5.41, 5.74) is 6.33. The van der Waals surface area contributed by atoms with Crippen LogP contribution < -0.4 is 20.7 Å². The number of nitrogens with one attached hydrogen (secondary N) is 1. The molecule has 0 saturated carbocycles. The first-order valence-corrected chi connectivity index (χ1v) is 9.12. The van der Waals surface area contributed by atoms with Gasteiger partial charge in [0.1, 0.15) is 11.7 Å². The molecule has 1 saturated heterocycles. The first-order chi connectivity index (χ1) is 12.9. The SMILES string of the molecule is NC(=O)COc1ccc(NC(=O)C2CCN(c3cccc(Br)c3)C2=O)cc1. The fraction of sp³-hybridized carbons (Fsp3) is 0.211. The van der Waals surface area contributed by atoms with E-state index in [1.165, 1.54) is 0 Å². The van der Waals surface area contributed by atoms with E-state index in [0.29, 0.717) is 24.4 Å². The minimum atomic E-state index is -0.727. The van der Waals surface area contributed by atoms with Gasteiger partial charge in [0, 0.05) is 22.4 Å². The summed E-state index contributed by atoms with van der Waals surface area (Å²) in [4.78, 5) is 37.5. The van der Waals surface area contributed by atoms with Crippen LogP contribution in [0.5, 0.6) is 5.75 Å². The Bertz CT molecular complexity index is 870. The summed E-state index contributed by atoms with van der Waals surface area (Å²) in [7, 11) is 0. The van der Waals surface area contributed by atoms with Crippen molar-refractivity contribution in [1.29, 1.82) is 0 Å². The average Bonchev–Trinajstić information content (AvgIpc) is 3.02. The highest BCUT2D eigenvalue weighted by Crippen LogP contribution is 2.28. The number of anilines is 2. The van der Waals surface area contributed by atoms with Crippen LogP contribution in [0.2, 0.25) is 0 Å². The molecule has 2 aromatic carbocycles. The van der Waals surface area contributed by atoms with Crippen LogP contribution in [0.25, 0.3) is 0 Å². The van der Waals surface area contributed by atoms with Crippen molar-refractivity contribution in [2.75, 3.05) is 23.4 Å². The highest BCUT2D eigenvalue weighted by Gasteiger charge is 2.37. The number of ether oxygens (including phenoxy) is 1. The van der Waals surface area contributed by atoms with E-state index < -0.39 is 11.8 Å². The number of carbonyl (C=O) groups excluding carboxylic acids is 3. The molecule has 0 spiro atoms. The summed E-state index contributed by atoms with van der Waals surface area (Å²) in [5, 5.41) is 2.75. The number of amides is 3. The molecule has 0 aliphatic carbocycles. The molecule has 3 amide bonds. The van der Waals surface area contributed by atoms with E-state index in [9.17, 15) is 14.4 Å². The molecule has 3 N–H and O–H groups in total. The molecular formula is C19H18BrN3O4.